The molecule has 1 heterocycles. The van der Waals surface area contributed by atoms with Gasteiger partial charge < -0.3 is 15.5 Å². The third-order valence-electron chi connectivity index (χ3n) is 3.74. The maximum absolute atomic E-state index is 12.6. The number of piperazine rings is 1. The summed E-state index contributed by atoms with van der Waals surface area (Å²) >= 11 is 0. The lowest BCUT2D eigenvalue weighted by atomic mass is 10.1. The largest absolute Gasteiger partial charge is 0.332 e. The van der Waals surface area contributed by atoms with Gasteiger partial charge in [-0.3, -0.25) is 14.9 Å². The molecular weight excluding hydrogens is 272 g/mol. The van der Waals surface area contributed by atoms with Crippen LogP contribution in [0.15, 0.2) is 18.2 Å². The summed E-state index contributed by atoms with van der Waals surface area (Å²) < 4.78 is 0. The Labute approximate surface area is 123 Å². The summed E-state index contributed by atoms with van der Waals surface area (Å²) in [6.45, 7) is 4.20. The van der Waals surface area contributed by atoms with Crippen LogP contribution in [0.2, 0.25) is 0 Å². The van der Waals surface area contributed by atoms with E-state index in [0.29, 0.717) is 24.2 Å². The van der Waals surface area contributed by atoms with E-state index in [4.69, 9.17) is 5.73 Å². The number of hydrogen-bond acceptors (Lipinski definition) is 5. The van der Waals surface area contributed by atoms with Crippen molar-refractivity contribution in [1.29, 1.82) is 0 Å². The number of amides is 1. The highest BCUT2D eigenvalue weighted by Gasteiger charge is 2.29. The van der Waals surface area contributed by atoms with Gasteiger partial charge in [0.25, 0.3) is 11.6 Å². The molecule has 2 rings (SSSR count). The first-order valence-corrected chi connectivity index (χ1v) is 6.88. The number of hydrogen-bond donors (Lipinski definition) is 1. The van der Waals surface area contributed by atoms with Crippen LogP contribution < -0.4 is 5.73 Å². The zero-order valence-corrected chi connectivity index (χ0v) is 12.3. The molecule has 1 aliphatic rings. The Morgan fingerprint density at radius 2 is 2.14 bits per heavy atom. The predicted molar refractivity (Wildman–Crippen MR) is 79.2 cm³/mol. The molecule has 1 fully saturated rings. The molecule has 0 spiro atoms. The van der Waals surface area contributed by atoms with Crippen LogP contribution in [0.3, 0.4) is 0 Å². The smallest absolute Gasteiger partial charge is 0.270 e. The Morgan fingerprint density at radius 3 is 2.76 bits per heavy atom. The van der Waals surface area contributed by atoms with E-state index < -0.39 is 4.92 Å². The van der Waals surface area contributed by atoms with E-state index in [9.17, 15) is 14.9 Å². The highest BCUT2D eigenvalue weighted by atomic mass is 16.6. The normalized spacial score (nSPS) is 19.6. The van der Waals surface area contributed by atoms with Gasteiger partial charge in [-0.05, 0) is 25.6 Å². The molecule has 1 unspecified atom stereocenters. The van der Waals surface area contributed by atoms with Gasteiger partial charge in [0.1, 0.15) is 0 Å². The number of likely N-dealkylation sites (N-methyl/N-ethyl adjacent to an activating group) is 1. The van der Waals surface area contributed by atoms with Gasteiger partial charge in [-0.25, -0.2) is 0 Å². The van der Waals surface area contributed by atoms with E-state index in [-0.39, 0.29) is 17.6 Å². The average Bonchev–Trinajstić information content (AvgIpc) is 2.45. The zero-order valence-electron chi connectivity index (χ0n) is 12.3. The van der Waals surface area contributed by atoms with Gasteiger partial charge >= 0.3 is 0 Å². The monoisotopic (exact) mass is 292 g/mol. The molecule has 0 aromatic heterocycles. The fourth-order valence-corrected chi connectivity index (χ4v) is 2.64. The second-order valence-corrected chi connectivity index (χ2v) is 5.46. The van der Waals surface area contributed by atoms with Crippen LogP contribution in [-0.4, -0.2) is 59.9 Å². The maximum Gasteiger partial charge on any atom is 0.270 e. The zero-order chi connectivity index (χ0) is 15.6. The van der Waals surface area contributed by atoms with Gasteiger partial charge in [0.2, 0.25) is 0 Å². The topological polar surface area (TPSA) is 92.7 Å². The number of carbonyl (C=O) groups excluding carboxylic acids is 1. The first-order chi connectivity index (χ1) is 9.92. The first-order valence-electron chi connectivity index (χ1n) is 6.88. The van der Waals surface area contributed by atoms with Gasteiger partial charge in [0, 0.05) is 43.9 Å². The number of non-ortho nitro benzene ring substituents is 1. The SMILES string of the molecule is Cc1cc(C(=O)N2CCN(C)CC2CN)cc([N+](=O)[O-])c1. The summed E-state index contributed by atoms with van der Waals surface area (Å²) in [5.41, 5.74) is 6.74. The molecule has 0 radical (unpaired) electrons. The number of nitro benzene ring substituents is 1. The van der Waals surface area contributed by atoms with Gasteiger partial charge in [-0.1, -0.05) is 0 Å². The molecular formula is C14H20N4O3. The van der Waals surface area contributed by atoms with Crippen molar-refractivity contribution < 1.29 is 9.72 Å². The van der Waals surface area contributed by atoms with E-state index in [1.807, 2.05) is 7.05 Å². The third-order valence-corrected chi connectivity index (χ3v) is 3.74. The van der Waals surface area contributed by atoms with E-state index in [1.54, 1.807) is 17.9 Å². The Bertz CT molecular complexity index is 561. The van der Waals surface area contributed by atoms with Gasteiger partial charge in [0.15, 0.2) is 0 Å². The van der Waals surface area contributed by atoms with E-state index in [2.05, 4.69) is 4.90 Å². The molecule has 1 aliphatic heterocycles. The molecule has 1 atom stereocenters. The van der Waals surface area contributed by atoms with Gasteiger partial charge in [-0.15, -0.1) is 0 Å². The van der Waals surface area contributed by atoms with E-state index in [1.165, 1.54) is 12.1 Å². The number of carbonyl (C=O) groups is 1. The summed E-state index contributed by atoms with van der Waals surface area (Å²) in [6.07, 6.45) is 0. The minimum Gasteiger partial charge on any atom is -0.332 e. The lowest BCUT2D eigenvalue weighted by Gasteiger charge is -2.39. The lowest BCUT2D eigenvalue weighted by Crippen LogP contribution is -2.56. The Morgan fingerprint density at radius 1 is 1.43 bits per heavy atom. The molecule has 0 aliphatic carbocycles. The second kappa shape index (κ2) is 6.19. The minimum atomic E-state index is -0.478. The lowest BCUT2D eigenvalue weighted by molar-refractivity contribution is -0.384. The van der Waals surface area contributed by atoms with Crippen LogP contribution in [0.4, 0.5) is 5.69 Å². The molecule has 7 nitrogen and oxygen atoms in total. The van der Waals surface area contributed by atoms with Crippen LogP contribution in [0.1, 0.15) is 15.9 Å². The molecule has 0 saturated carbocycles. The molecule has 2 N–H and O–H groups in total. The van der Waals surface area contributed by atoms with Crippen molar-refractivity contribution in [3.05, 3.63) is 39.4 Å². The van der Waals surface area contributed by atoms with Crippen molar-refractivity contribution >= 4 is 11.6 Å². The van der Waals surface area contributed by atoms with Crippen LogP contribution in [0, 0.1) is 17.0 Å². The summed E-state index contributed by atoms with van der Waals surface area (Å²) in [5, 5.41) is 10.9. The molecule has 1 amide bonds. The quantitative estimate of drug-likeness (QED) is 0.651. The Hall–Kier alpha value is -1.99. The molecule has 1 aromatic carbocycles. The van der Waals surface area contributed by atoms with Crippen LogP contribution in [0.5, 0.6) is 0 Å². The van der Waals surface area contributed by atoms with Crippen molar-refractivity contribution in [3.63, 3.8) is 0 Å². The highest BCUT2D eigenvalue weighted by Crippen LogP contribution is 2.20. The average molecular weight is 292 g/mol. The van der Waals surface area contributed by atoms with Crippen molar-refractivity contribution in [2.24, 2.45) is 5.73 Å². The minimum absolute atomic E-state index is 0.0585. The molecule has 114 valence electrons. The first kappa shape index (κ1) is 15.4. The molecule has 0 bridgehead atoms. The fraction of sp³-hybridized carbons (Fsp3) is 0.500. The standard InChI is InChI=1S/C14H20N4O3/c1-10-5-11(7-12(6-10)18(20)21)14(19)17-4-3-16(2)9-13(17)8-15/h5-7,13H,3-4,8-9,15H2,1-2H3. The number of nitro groups is 1. The van der Waals surface area contributed by atoms with Crippen LogP contribution in [0.25, 0.3) is 0 Å². The molecule has 21 heavy (non-hydrogen) atoms. The second-order valence-electron chi connectivity index (χ2n) is 5.46. The van der Waals surface area contributed by atoms with Crippen molar-refractivity contribution in [2.75, 3.05) is 33.2 Å². The molecule has 1 saturated heterocycles. The summed E-state index contributed by atoms with van der Waals surface area (Å²) in [6, 6.07) is 4.42. The number of nitrogens with two attached hydrogens (primary N) is 1. The van der Waals surface area contributed by atoms with Crippen molar-refractivity contribution in [2.45, 2.75) is 13.0 Å². The van der Waals surface area contributed by atoms with Gasteiger partial charge in [0.05, 0.1) is 11.0 Å². The predicted octanol–water partition coefficient (Wildman–Crippen LogP) is 0.618. The summed E-state index contributed by atoms with van der Waals surface area (Å²) in [7, 11) is 1.99. The van der Waals surface area contributed by atoms with Crippen LogP contribution in [-0.2, 0) is 0 Å². The number of aryl methyl sites for hydroxylation is 1. The maximum atomic E-state index is 12.6. The number of benzene rings is 1. The summed E-state index contributed by atoms with van der Waals surface area (Å²) in [4.78, 5) is 26.9. The Kier molecular flexibility index (Phi) is 4.54. The van der Waals surface area contributed by atoms with Gasteiger partial charge in [-0.2, -0.15) is 0 Å². The summed E-state index contributed by atoms with van der Waals surface area (Å²) in [5.74, 6) is -0.189. The number of nitrogens with zero attached hydrogens (tertiary/aromatic N) is 3. The highest BCUT2D eigenvalue weighted by molar-refractivity contribution is 5.95. The molecule has 7 heteroatoms. The fourth-order valence-electron chi connectivity index (χ4n) is 2.64. The Balaban J connectivity index is 2.28. The third kappa shape index (κ3) is 3.37. The van der Waals surface area contributed by atoms with Crippen molar-refractivity contribution in [1.82, 2.24) is 9.80 Å². The van der Waals surface area contributed by atoms with Crippen LogP contribution >= 0.6 is 0 Å². The van der Waals surface area contributed by atoms with Crippen molar-refractivity contribution in [3.8, 4) is 0 Å². The van der Waals surface area contributed by atoms with E-state index >= 15 is 0 Å². The number of rotatable bonds is 3. The molecule has 1 aromatic rings. The van der Waals surface area contributed by atoms with E-state index in [0.717, 1.165) is 13.1 Å².